The second kappa shape index (κ2) is 8.76. The zero-order valence-electron chi connectivity index (χ0n) is 14.2. The Hall–Kier alpha value is -2.21. The maximum Gasteiger partial charge on any atom is 0.230 e. The molecule has 1 unspecified atom stereocenters. The van der Waals surface area contributed by atoms with Crippen molar-refractivity contribution in [2.75, 3.05) is 19.0 Å². The number of fused-ring (bicyclic) bond motifs is 1. The largest absolute Gasteiger partial charge is 0.490 e. The fraction of sp³-hybridized carbons (Fsp3) is 0.368. The molecule has 132 valence electrons. The molecule has 0 aliphatic carbocycles. The lowest BCUT2D eigenvalue weighted by Crippen LogP contribution is -2.28. The number of thioether (sulfide) groups is 1. The van der Waals surface area contributed by atoms with Gasteiger partial charge in [-0.1, -0.05) is 12.1 Å². The molecule has 5 nitrogen and oxygen atoms in total. The van der Waals surface area contributed by atoms with E-state index in [4.69, 9.17) is 9.47 Å². The smallest absolute Gasteiger partial charge is 0.230 e. The maximum absolute atomic E-state index is 12.2. The number of carbonyl (C=O) groups is 1. The number of rotatable bonds is 6. The topological polar surface area (TPSA) is 60.5 Å². The summed E-state index contributed by atoms with van der Waals surface area (Å²) in [5.41, 5.74) is 2.13. The van der Waals surface area contributed by atoms with E-state index in [1.54, 1.807) is 18.0 Å². The summed E-state index contributed by atoms with van der Waals surface area (Å²) in [4.78, 5) is 16.2. The third-order valence-electron chi connectivity index (χ3n) is 3.87. The van der Waals surface area contributed by atoms with Gasteiger partial charge in [0.15, 0.2) is 11.5 Å². The number of hydrogen-bond donors (Lipinski definition) is 1. The number of amides is 1. The van der Waals surface area contributed by atoms with Gasteiger partial charge in [0.05, 0.1) is 25.0 Å². The highest BCUT2D eigenvalue weighted by Gasteiger charge is 2.15. The first kappa shape index (κ1) is 17.6. The molecule has 0 spiro atoms. The number of carbonyl (C=O) groups excluding carboxylic acids is 1. The molecule has 1 amide bonds. The van der Waals surface area contributed by atoms with Crippen molar-refractivity contribution in [1.82, 2.24) is 10.3 Å². The summed E-state index contributed by atoms with van der Waals surface area (Å²) >= 11 is 1.58. The van der Waals surface area contributed by atoms with Crippen LogP contribution in [0.1, 0.15) is 30.5 Å². The first-order chi connectivity index (χ1) is 12.2. The lowest BCUT2D eigenvalue weighted by molar-refractivity contribution is -0.119. The molecule has 1 atom stereocenters. The van der Waals surface area contributed by atoms with Crippen LogP contribution in [0, 0.1) is 0 Å². The molecule has 0 bridgehead atoms. The molecule has 1 aliphatic heterocycles. The van der Waals surface area contributed by atoms with Crippen LogP contribution >= 0.6 is 11.8 Å². The number of nitrogens with zero attached hydrogens (tertiary/aromatic N) is 1. The fourth-order valence-electron chi connectivity index (χ4n) is 2.56. The Morgan fingerprint density at radius 3 is 2.92 bits per heavy atom. The molecule has 0 saturated carbocycles. The Labute approximate surface area is 152 Å². The van der Waals surface area contributed by atoms with Crippen LogP contribution in [0.25, 0.3) is 0 Å². The van der Waals surface area contributed by atoms with Crippen molar-refractivity contribution in [3.8, 4) is 11.5 Å². The molecular weight excluding hydrogens is 336 g/mol. The highest BCUT2D eigenvalue weighted by atomic mass is 32.2. The van der Waals surface area contributed by atoms with Gasteiger partial charge in [0.2, 0.25) is 5.91 Å². The summed E-state index contributed by atoms with van der Waals surface area (Å²) in [7, 11) is 0. The molecule has 6 heteroatoms. The molecule has 2 heterocycles. The van der Waals surface area contributed by atoms with E-state index in [0.717, 1.165) is 34.8 Å². The zero-order valence-corrected chi connectivity index (χ0v) is 15.1. The van der Waals surface area contributed by atoms with Gasteiger partial charge in [0.1, 0.15) is 0 Å². The number of nitrogens with one attached hydrogen (secondary N) is 1. The van der Waals surface area contributed by atoms with Crippen molar-refractivity contribution in [2.24, 2.45) is 0 Å². The van der Waals surface area contributed by atoms with Crippen molar-refractivity contribution in [3.63, 3.8) is 0 Å². The van der Waals surface area contributed by atoms with Crippen LogP contribution in [0.5, 0.6) is 11.5 Å². The Balaban J connectivity index is 1.50. The second-order valence-corrected chi connectivity index (χ2v) is 6.89. The van der Waals surface area contributed by atoms with Gasteiger partial charge in [-0.25, -0.2) is 0 Å². The molecule has 3 rings (SSSR count). The molecule has 0 radical (unpaired) electrons. The number of ether oxygens (including phenoxy) is 2. The van der Waals surface area contributed by atoms with Crippen molar-refractivity contribution < 1.29 is 14.3 Å². The van der Waals surface area contributed by atoms with Gasteiger partial charge in [-0.15, -0.1) is 11.8 Å². The highest BCUT2D eigenvalue weighted by molar-refractivity contribution is 7.99. The van der Waals surface area contributed by atoms with Crippen LogP contribution in [0.2, 0.25) is 0 Å². The Morgan fingerprint density at radius 2 is 2.12 bits per heavy atom. The summed E-state index contributed by atoms with van der Waals surface area (Å²) in [5, 5.41) is 3.03. The van der Waals surface area contributed by atoms with Gasteiger partial charge in [-0.05, 0) is 36.2 Å². The second-order valence-electron chi connectivity index (χ2n) is 5.90. The summed E-state index contributed by atoms with van der Waals surface area (Å²) < 4.78 is 11.3. The Kier molecular flexibility index (Phi) is 6.17. The third-order valence-corrected chi connectivity index (χ3v) is 4.88. The minimum atomic E-state index is -0.0800. The van der Waals surface area contributed by atoms with Crippen LogP contribution in [0.15, 0.2) is 42.7 Å². The van der Waals surface area contributed by atoms with Gasteiger partial charge < -0.3 is 14.8 Å². The molecule has 25 heavy (non-hydrogen) atoms. The molecule has 1 aromatic carbocycles. The van der Waals surface area contributed by atoms with E-state index in [9.17, 15) is 4.79 Å². The molecular formula is C19H22N2O3S. The molecule has 2 aromatic rings. The van der Waals surface area contributed by atoms with Crippen molar-refractivity contribution in [2.45, 2.75) is 25.1 Å². The molecule has 0 fully saturated rings. The Morgan fingerprint density at radius 1 is 1.28 bits per heavy atom. The lowest BCUT2D eigenvalue weighted by atomic mass is 10.1. The number of pyridine rings is 1. The van der Waals surface area contributed by atoms with E-state index < -0.39 is 0 Å². The van der Waals surface area contributed by atoms with Crippen molar-refractivity contribution >= 4 is 17.7 Å². The monoisotopic (exact) mass is 358 g/mol. The fourth-order valence-corrected chi connectivity index (χ4v) is 3.34. The van der Waals surface area contributed by atoms with Gasteiger partial charge in [0, 0.05) is 24.6 Å². The van der Waals surface area contributed by atoms with E-state index in [0.29, 0.717) is 19.0 Å². The predicted octanol–water partition coefficient (Wildman–Crippen LogP) is 3.35. The minimum absolute atomic E-state index is 0.0218. The summed E-state index contributed by atoms with van der Waals surface area (Å²) in [6, 6.07) is 9.68. The van der Waals surface area contributed by atoms with Crippen LogP contribution in [0.3, 0.4) is 0 Å². The van der Waals surface area contributed by atoms with Crippen molar-refractivity contribution in [3.05, 3.63) is 53.9 Å². The average Bonchev–Trinajstić information content (AvgIpc) is 2.87. The minimum Gasteiger partial charge on any atom is -0.490 e. The first-order valence-corrected chi connectivity index (χ1v) is 9.53. The Bertz CT molecular complexity index is 709. The molecule has 0 saturated heterocycles. The quantitative estimate of drug-likeness (QED) is 0.858. The average molecular weight is 358 g/mol. The van der Waals surface area contributed by atoms with E-state index in [1.165, 1.54) is 0 Å². The molecule has 1 aromatic heterocycles. The van der Waals surface area contributed by atoms with Gasteiger partial charge >= 0.3 is 0 Å². The molecule has 1 N–H and O–H groups in total. The maximum atomic E-state index is 12.2. The normalized spacial score (nSPS) is 14.4. The van der Waals surface area contributed by atoms with Gasteiger partial charge in [0.25, 0.3) is 0 Å². The number of aromatic nitrogens is 1. The van der Waals surface area contributed by atoms with E-state index >= 15 is 0 Å². The lowest BCUT2D eigenvalue weighted by Gasteiger charge is -2.16. The summed E-state index contributed by atoms with van der Waals surface area (Å²) in [6.07, 6.45) is 4.45. The standard InChI is InChI=1S/C19H22N2O3S/c1-14(16-5-6-17-18(10-16)24-9-3-8-23-17)21-19(22)13-25-12-15-4-2-7-20-11-15/h2,4-7,10-11,14H,3,8-9,12-13H2,1H3,(H,21,22). The number of hydrogen-bond acceptors (Lipinski definition) is 5. The van der Waals surface area contributed by atoms with Crippen LogP contribution in [-0.2, 0) is 10.5 Å². The summed E-state index contributed by atoms with van der Waals surface area (Å²) in [6.45, 7) is 3.30. The highest BCUT2D eigenvalue weighted by Crippen LogP contribution is 2.32. The SMILES string of the molecule is CC(NC(=O)CSCc1cccnc1)c1ccc2c(c1)OCCCO2. The van der Waals surface area contributed by atoms with Crippen LogP contribution < -0.4 is 14.8 Å². The van der Waals surface area contributed by atoms with Gasteiger partial charge in [-0.3, -0.25) is 9.78 Å². The third kappa shape index (κ3) is 5.13. The first-order valence-electron chi connectivity index (χ1n) is 8.38. The van der Waals surface area contributed by atoms with Gasteiger partial charge in [-0.2, -0.15) is 0 Å². The summed E-state index contributed by atoms with van der Waals surface area (Å²) in [5.74, 6) is 2.74. The zero-order chi connectivity index (χ0) is 17.5. The van der Waals surface area contributed by atoms with E-state index in [2.05, 4.69) is 10.3 Å². The number of benzene rings is 1. The van der Waals surface area contributed by atoms with Crippen LogP contribution in [-0.4, -0.2) is 29.9 Å². The van der Waals surface area contributed by atoms with E-state index in [-0.39, 0.29) is 11.9 Å². The van der Waals surface area contributed by atoms with Crippen molar-refractivity contribution in [1.29, 1.82) is 0 Å². The van der Waals surface area contributed by atoms with E-state index in [1.807, 2.05) is 43.5 Å². The van der Waals surface area contributed by atoms with Crippen LogP contribution in [0.4, 0.5) is 0 Å². The predicted molar refractivity (Wildman–Crippen MR) is 99.0 cm³/mol. The molecule has 1 aliphatic rings.